The van der Waals surface area contributed by atoms with E-state index in [1.807, 2.05) is 6.92 Å². The van der Waals surface area contributed by atoms with Crippen molar-refractivity contribution in [3.05, 3.63) is 35.6 Å². The Bertz CT molecular complexity index is 839. The number of alkyl halides is 3. The molecule has 5 atom stereocenters. The van der Waals surface area contributed by atoms with Gasteiger partial charge in [-0.05, 0) is 73.3 Å². The minimum Gasteiger partial charge on any atom is -0.380 e. The van der Waals surface area contributed by atoms with Gasteiger partial charge in [0, 0.05) is 5.41 Å². The van der Waals surface area contributed by atoms with Crippen molar-refractivity contribution in [1.82, 2.24) is 0 Å². The molecule has 0 N–H and O–H groups in total. The van der Waals surface area contributed by atoms with Gasteiger partial charge in [-0.2, -0.15) is 21.6 Å². The van der Waals surface area contributed by atoms with Gasteiger partial charge in [0.1, 0.15) is 5.76 Å². The van der Waals surface area contributed by atoms with Crippen LogP contribution in [0.1, 0.15) is 52.4 Å². The highest BCUT2D eigenvalue weighted by Crippen LogP contribution is 2.64. The Morgan fingerprint density at radius 1 is 1.07 bits per heavy atom. The first-order valence-electron chi connectivity index (χ1n) is 9.58. The van der Waals surface area contributed by atoms with Crippen molar-refractivity contribution in [2.24, 2.45) is 28.6 Å². The van der Waals surface area contributed by atoms with E-state index in [1.165, 1.54) is 5.57 Å². The first-order chi connectivity index (χ1) is 12.5. The average Bonchev–Trinajstić information content (AvgIpc) is 2.89. The standard InChI is InChI=1S/C20H25F3O3S/c1-18-11-4-3-5-13(18)6-7-14-15-8-9-17(19(15,2)12-10-16(14)18)26-27(24,25)20(21,22)23/h3,5-6,9,14-16H,4,7-8,10-12H2,1-2H3/t14-,15-,16-,18-,19-/m0/s1. The van der Waals surface area contributed by atoms with Crippen molar-refractivity contribution in [3.63, 3.8) is 0 Å². The summed E-state index contributed by atoms with van der Waals surface area (Å²) in [5, 5.41) is 0. The third kappa shape index (κ3) is 2.71. The summed E-state index contributed by atoms with van der Waals surface area (Å²) in [6, 6.07) is 0. The van der Waals surface area contributed by atoms with Gasteiger partial charge in [-0.1, -0.05) is 32.1 Å². The number of allylic oxidation sites excluding steroid dienone is 6. The van der Waals surface area contributed by atoms with Crippen molar-refractivity contribution in [2.45, 2.75) is 57.9 Å². The Labute approximate surface area is 158 Å². The van der Waals surface area contributed by atoms with Gasteiger partial charge < -0.3 is 4.18 Å². The molecule has 27 heavy (non-hydrogen) atoms. The lowest BCUT2D eigenvalue weighted by molar-refractivity contribution is -0.0566. The molecule has 0 radical (unpaired) electrons. The van der Waals surface area contributed by atoms with Gasteiger partial charge >= 0.3 is 15.6 Å². The topological polar surface area (TPSA) is 43.4 Å². The van der Waals surface area contributed by atoms with Gasteiger partial charge in [0.05, 0.1) is 0 Å². The predicted octanol–water partition coefficient (Wildman–Crippen LogP) is 5.48. The molecule has 0 heterocycles. The minimum atomic E-state index is -5.62. The highest BCUT2D eigenvalue weighted by molar-refractivity contribution is 7.87. The van der Waals surface area contributed by atoms with Gasteiger partial charge in [0.25, 0.3) is 0 Å². The molecule has 4 aliphatic rings. The SMILES string of the molecule is C[C@]12CCC=CC1=CC[C@@H]1[C@@H]2CC[C@]2(C)C(OS(=O)(=O)C(F)(F)F)=CC[C@@H]12. The van der Waals surface area contributed by atoms with Gasteiger partial charge in [-0.3, -0.25) is 0 Å². The summed E-state index contributed by atoms with van der Waals surface area (Å²) in [5.41, 5.74) is -4.54. The van der Waals surface area contributed by atoms with E-state index in [9.17, 15) is 21.6 Å². The number of hydrogen-bond donors (Lipinski definition) is 0. The third-order valence-corrected chi connectivity index (χ3v) is 8.61. The molecule has 150 valence electrons. The molecule has 0 saturated heterocycles. The Morgan fingerprint density at radius 2 is 1.81 bits per heavy atom. The summed E-state index contributed by atoms with van der Waals surface area (Å²) in [4.78, 5) is 0. The molecule has 4 aliphatic carbocycles. The van der Waals surface area contributed by atoms with Crippen LogP contribution in [0.4, 0.5) is 13.2 Å². The second kappa shape index (κ2) is 5.88. The summed E-state index contributed by atoms with van der Waals surface area (Å²) >= 11 is 0. The molecule has 0 spiro atoms. The molecule has 0 unspecified atom stereocenters. The second-order valence-electron chi connectivity index (χ2n) is 8.87. The zero-order chi connectivity index (χ0) is 19.7. The van der Waals surface area contributed by atoms with Crippen LogP contribution in [0.5, 0.6) is 0 Å². The number of hydrogen-bond acceptors (Lipinski definition) is 3. The summed E-state index contributed by atoms with van der Waals surface area (Å²) in [6.07, 6.45) is 13.5. The lowest BCUT2D eigenvalue weighted by atomic mass is 9.49. The fourth-order valence-corrected chi connectivity index (χ4v) is 6.71. The van der Waals surface area contributed by atoms with E-state index in [-0.39, 0.29) is 17.1 Å². The second-order valence-corrected chi connectivity index (χ2v) is 10.4. The van der Waals surface area contributed by atoms with E-state index in [0.29, 0.717) is 24.7 Å². The van der Waals surface area contributed by atoms with E-state index >= 15 is 0 Å². The maximum Gasteiger partial charge on any atom is 0.534 e. The molecule has 0 aromatic heterocycles. The fourth-order valence-electron chi connectivity index (χ4n) is 6.12. The van der Waals surface area contributed by atoms with Crippen LogP contribution < -0.4 is 0 Å². The van der Waals surface area contributed by atoms with Crippen LogP contribution in [0.15, 0.2) is 35.6 Å². The Morgan fingerprint density at radius 3 is 2.52 bits per heavy atom. The zero-order valence-electron chi connectivity index (χ0n) is 15.6. The summed E-state index contributed by atoms with van der Waals surface area (Å²) < 4.78 is 66.1. The first kappa shape index (κ1) is 19.1. The van der Waals surface area contributed by atoms with E-state index in [4.69, 9.17) is 0 Å². The highest BCUT2D eigenvalue weighted by atomic mass is 32.2. The molecule has 0 bridgehead atoms. The normalized spacial score (nSPS) is 41.1. The minimum absolute atomic E-state index is 0.00764. The molecule has 3 nitrogen and oxygen atoms in total. The van der Waals surface area contributed by atoms with Crippen molar-refractivity contribution >= 4 is 10.1 Å². The van der Waals surface area contributed by atoms with Gasteiger partial charge in [-0.15, -0.1) is 0 Å². The molecular formula is C20H25F3O3S. The van der Waals surface area contributed by atoms with Crippen molar-refractivity contribution in [3.8, 4) is 0 Å². The number of halogens is 3. The van der Waals surface area contributed by atoms with Crippen molar-refractivity contribution < 1.29 is 25.8 Å². The lowest BCUT2D eigenvalue weighted by Crippen LogP contribution is -2.48. The molecule has 0 amide bonds. The van der Waals surface area contributed by atoms with E-state index in [2.05, 4.69) is 29.3 Å². The largest absolute Gasteiger partial charge is 0.534 e. The van der Waals surface area contributed by atoms with E-state index in [1.54, 1.807) is 6.08 Å². The fraction of sp³-hybridized carbons (Fsp3) is 0.700. The predicted molar refractivity (Wildman–Crippen MR) is 95.8 cm³/mol. The van der Waals surface area contributed by atoms with Crippen LogP contribution in [0.3, 0.4) is 0 Å². The molecule has 0 aliphatic heterocycles. The third-order valence-electron chi connectivity index (χ3n) is 7.65. The van der Waals surface area contributed by atoms with Gasteiger partial charge in [-0.25, -0.2) is 0 Å². The monoisotopic (exact) mass is 402 g/mol. The maximum absolute atomic E-state index is 12.8. The van der Waals surface area contributed by atoms with Crippen molar-refractivity contribution in [1.29, 1.82) is 0 Å². The summed E-state index contributed by atoms with van der Waals surface area (Å²) in [6.45, 7) is 4.19. The Balaban J connectivity index is 1.62. The van der Waals surface area contributed by atoms with Gasteiger partial charge in [0.15, 0.2) is 0 Å². The van der Waals surface area contributed by atoms with E-state index < -0.39 is 21.0 Å². The van der Waals surface area contributed by atoms with Crippen molar-refractivity contribution in [2.75, 3.05) is 0 Å². The Hall–Kier alpha value is -1.24. The van der Waals surface area contributed by atoms with Crippen LogP contribution in [-0.2, 0) is 14.3 Å². The quantitative estimate of drug-likeness (QED) is 0.454. The molecule has 1 fully saturated rings. The molecular weight excluding hydrogens is 377 g/mol. The van der Waals surface area contributed by atoms with Crippen LogP contribution in [0.25, 0.3) is 0 Å². The zero-order valence-corrected chi connectivity index (χ0v) is 16.4. The van der Waals surface area contributed by atoms with Crippen LogP contribution in [0, 0.1) is 28.6 Å². The average molecular weight is 402 g/mol. The van der Waals surface area contributed by atoms with Crippen LogP contribution >= 0.6 is 0 Å². The molecule has 0 aromatic rings. The lowest BCUT2D eigenvalue weighted by Gasteiger charge is -2.56. The van der Waals surface area contributed by atoms with Gasteiger partial charge in [0.2, 0.25) is 0 Å². The van der Waals surface area contributed by atoms with Crippen LogP contribution in [0.2, 0.25) is 0 Å². The van der Waals surface area contributed by atoms with E-state index in [0.717, 1.165) is 25.7 Å². The molecule has 4 rings (SSSR count). The van der Waals surface area contributed by atoms with Crippen LogP contribution in [-0.4, -0.2) is 13.9 Å². The smallest absolute Gasteiger partial charge is 0.380 e. The molecule has 1 saturated carbocycles. The Kier molecular flexibility index (Phi) is 4.16. The number of fused-ring (bicyclic) bond motifs is 5. The maximum atomic E-state index is 12.8. The summed E-state index contributed by atoms with van der Waals surface area (Å²) in [7, 11) is -5.62. The molecule has 7 heteroatoms. The summed E-state index contributed by atoms with van der Waals surface area (Å²) in [5.74, 6) is 0.935. The highest BCUT2D eigenvalue weighted by Gasteiger charge is 2.58. The first-order valence-corrected chi connectivity index (χ1v) is 11.0. The number of rotatable bonds is 2. The molecule has 0 aromatic carbocycles.